The van der Waals surface area contributed by atoms with Gasteiger partial charge in [-0.15, -0.1) is 0 Å². The summed E-state index contributed by atoms with van der Waals surface area (Å²) in [5, 5.41) is 9.26. The van der Waals surface area contributed by atoms with E-state index in [-0.39, 0.29) is 15.7 Å². The molecule has 7 nitrogen and oxygen atoms in total. The summed E-state index contributed by atoms with van der Waals surface area (Å²) in [5.41, 5.74) is -0.0371. The van der Waals surface area contributed by atoms with Crippen molar-refractivity contribution in [3.63, 3.8) is 0 Å². The van der Waals surface area contributed by atoms with Gasteiger partial charge < -0.3 is 15.5 Å². The molecule has 2 aliphatic heterocycles. The molecular weight excluding hydrogens is 475 g/mol. The smallest absolute Gasteiger partial charge is 0.312 e. The lowest BCUT2D eigenvalue weighted by Crippen LogP contribution is -2.65. The summed E-state index contributed by atoms with van der Waals surface area (Å²) in [6.45, 7) is 5.00. The fourth-order valence-corrected chi connectivity index (χ4v) is 5.36. The van der Waals surface area contributed by atoms with Crippen LogP contribution in [0.3, 0.4) is 0 Å². The van der Waals surface area contributed by atoms with Crippen LogP contribution in [0.4, 0.5) is 10.5 Å². The largest absolute Gasteiger partial charge is 0.322 e. The number of nitrogens with one attached hydrogen (secondary N) is 3. The van der Waals surface area contributed by atoms with E-state index in [9.17, 15) is 14.4 Å². The molecule has 3 rings (SSSR count). The Morgan fingerprint density at radius 2 is 1.81 bits per heavy atom. The van der Waals surface area contributed by atoms with Crippen LogP contribution in [0.25, 0.3) is 0 Å². The number of anilines is 1. The number of benzene rings is 1. The van der Waals surface area contributed by atoms with Gasteiger partial charge in [0, 0.05) is 30.2 Å². The average molecular weight is 502 g/mol. The van der Waals surface area contributed by atoms with Crippen molar-refractivity contribution >= 4 is 58.3 Å². The zero-order valence-corrected chi connectivity index (χ0v) is 20.4. The maximum Gasteiger partial charge on any atom is 0.322 e. The Morgan fingerprint density at radius 3 is 2.41 bits per heavy atom. The molecule has 0 aliphatic carbocycles. The lowest BCUT2D eigenvalue weighted by molar-refractivity contribution is -0.124. The van der Waals surface area contributed by atoms with Crippen LogP contribution in [0.5, 0.6) is 0 Å². The minimum absolute atomic E-state index is 0.212. The van der Waals surface area contributed by atoms with Crippen LogP contribution in [0, 0.1) is 0 Å². The molecule has 1 fully saturated rings. The number of hydrogen-bond acceptors (Lipinski definition) is 4. The van der Waals surface area contributed by atoms with Crippen molar-refractivity contribution in [2.24, 2.45) is 0 Å². The number of unbranched alkanes of at least 4 members (excludes halogenated alkanes) is 3. The lowest BCUT2D eigenvalue weighted by atomic mass is 9.79. The monoisotopic (exact) mass is 500 g/mol. The van der Waals surface area contributed by atoms with Gasteiger partial charge in [-0.25, -0.2) is 4.79 Å². The van der Waals surface area contributed by atoms with Gasteiger partial charge in [-0.1, -0.05) is 67.4 Å². The summed E-state index contributed by atoms with van der Waals surface area (Å²) < 4.78 is 0. The SMILES string of the molecule is CCCCCCC1(C2=C(C)C(=O)NC2=O)CNCCN1C(=O)Nc1c(Cl)cc(Cl)cc1Cl. The van der Waals surface area contributed by atoms with Crippen molar-refractivity contribution in [3.8, 4) is 0 Å². The number of rotatable bonds is 7. The van der Waals surface area contributed by atoms with Crippen LogP contribution in [0.15, 0.2) is 23.3 Å². The number of carbonyl (C=O) groups is 3. The number of halogens is 3. The molecule has 1 atom stereocenters. The second-order valence-corrected chi connectivity index (χ2v) is 9.38. The topological polar surface area (TPSA) is 90.5 Å². The minimum Gasteiger partial charge on any atom is -0.312 e. The van der Waals surface area contributed by atoms with E-state index >= 15 is 0 Å². The standard InChI is InChI=1S/C22H27Cl3N4O3/c1-3-4-5-6-7-22(17-13(2)19(30)28-20(17)31)12-26-8-9-29(22)21(32)27-18-15(24)10-14(23)11-16(18)25/h10-11,26H,3-9,12H2,1-2H3,(H,27,32)(H,28,30,31). The van der Waals surface area contributed by atoms with Gasteiger partial charge in [0.1, 0.15) is 0 Å². The molecule has 1 aromatic carbocycles. The number of nitrogens with zero attached hydrogens (tertiary/aromatic N) is 1. The Kier molecular flexibility index (Phi) is 8.09. The van der Waals surface area contributed by atoms with Crippen molar-refractivity contribution in [2.45, 2.75) is 51.5 Å². The lowest BCUT2D eigenvalue weighted by Gasteiger charge is -2.48. The van der Waals surface area contributed by atoms with Gasteiger partial charge in [0.05, 0.1) is 26.8 Å². The highest BCUT2D eigenvalue weighted by atomic mass is 35.5. The van der Waals surface area contributed by atoms with Gasteiger partial charge in [-0.05, 0) is 25.5 Å². The highest BCUT2D eigenvalue weighted by molar-refractivity contribution is 6.42. The van der Waals surface area contributed by atoms with Crippen molar-refractivity contribution in [3.05, 3.63) is 38.3 Å². The molecule has 2 heterocycles. The summed E-state index contributed by atoms with van der Waals surface area (Å²) in [5.74, 6) is -0.875. The maximum atomic E-state index is 13.5. The molecule has 1 saturated heterocycles. The molecule has 3 N–H and O–H groups in total. The number of amides is 4. The molecule has 0 radical (unpaired) electrons. The van der Waals surface area contributed by atoms with Gasteiger partial charge in [0.15, 0.2) is 0 Å². The Labute approximate surface area is 202 Å². The van der Waals surface area contributed by atoms with Crippen molar-refractivity contribution in [1.29, 1.82) is 0 Å². The van der Waals surface area contributed by atoms with Gasteiger partial charge in [-0.3, -0.25) is 14.9 Å². The van der Waals surface area contributed by atoms with Crippen LogP contribution in [-0.2, 0) is 9.59 Å². The third-order valence-electron chi connectivity index (χ3n) is 6.01. The van der Waals surface area contributed by atoms with E-state index in [4.69, 9.17) is 34.8 Å². The van der Waals surface area contributed by atoms with Gasteiger partial charge in [0.2, 0.25) is 0 Å². The first-order valence-electron chi connectivity index (χ1n) is 10.7. The van der Waals surface area contributed by atoms with Crippen LogP contribution in [0.2, 0.25) is 15.1 Å². The quantitative estimate of drug-likeness (QED) is 0.371. The first kappa shape index (κ1) is 24.8. The Morgan fingerprint density at radius 1 is 1.12 bits per heavy atom. The van der Waals surface area contributed by atoms with E-state index < -0.39 is 23.4 Å². The minimum atomic E-state index is -0.970. The van der Waals surface area contributed by atoms with Gasteiger partial charge in [0.25, 0.3) is 11.8 Å². The summed E-state index contributed by atoms with van der Waals surface area (Å²) in [4.78, 5) is 40.2. The van der Waals surface area contributed by atoms with Gasteiger partial charge in [-0.2, -0.15) is 0 Å². The van der Waals surface area contributed by atoms with E-state index in [1.165, 1.54) is 12.1 Å². The van der Waals surface area contributed by atoms with Crippen molar-refractivity contribution in [2.75, 3.05) is 25.0 Å². The van der Waals surface area contributed by atoms with Crippen LogP contribution < -0.4 is 16.0 Å². The molecule has 0 spiro atoms. The Bertz CT molecular complexity index is 943. The van der Waals surface area contributed by atoms with E-state index in [1.807, 2.05) is 0 Å². The van der Waals surface area contributed by atoms with Crippen LogP contribution in [-0.4, -0.2) is 47.9 Å². The predicted octanol–water partition coefficient (Wildman–Crippen LogP) is 4.77. The highest BCUT2D eigenvalue weighted by Gasteiger charge is 2.50. The Balaban J connectivity index is 2.00. The summed E-state index contributed by atoms with van der Waals surface area (Å²) in [6.07, 6.45) is 4.42. The number of carbonyl (C=O) groups excluding carboxylic acids is 3. The molecule has 0 aromatic heterocycles. The van der Waals surface area contributed by atoms with E-state index in [0.29, 0.717) is 42.2 Å². The maximum absolute atomic E-state index is 13.5. The molecule has 174 valence electrons. The summed E-state index contributed by atoms with van der Waals surface area (Å²) in [7, 11) is 0. The van der Waals surface area contributed by atoms with Crippen LogP contribution in [0.1, 0.15) is 46.0 Å². The molecule has 1 unspecified atom stereocenters. The fourth-order valence-electron chi connectivity index (χ4n) is 4.45. The zero-order chi connectivity index (χ0) is 23.5. The van der Waals surface area contributed by atoms with Gasteiger partial charge >= 0.3 is 6.03 Å². The average Bonchev–Trinajstić information content (AvgIpc) is 3.00. The molecule has 32 heavy (non-hydrogen) atoms. The van der Waals surface area contributed by atoms with E-state index in [2.05, 4.69) is 22.9 Å². The number of hydrogen-bond donors (Lipinski definition) is 3. The molecule has 0 bridgehead atoms. The molecule has 4 amide bonds. The second-order valence-electron chi connectivity index (χ2n) is 8.13. The number of urea groups is 1. The molecule has 1 aromatic rings. The van der Waals surface area contributed by atoms with Crippen molar-refractivity contribution in [1.82, 2.24) is 15.5 Å². The number of imide groups is 1. The molecular formula is C22H27Cl3N4O3. The van der Waals surface area contributed by atoms with E-state index in [1.54, 1.807) is 11.8 Å². The van der Waals surface area contributed by atoms with E-state index in [0.717, 1.165) is 25.7 Å². The highest BCUT2D eigenvalue weighted by Crippen LogP contribution is 2.38. The third-order valence-corrected chi connectivity index (χ3v) is 6.82. The summed E-state index contributed by atoms with van der Waals surface area (Å²) >= 11 is 18.5. The Hall–Kier alpha value is -1.80. The summed E-state index contributed by atoms with van der Waals surface area (Å²) in [6, 6.07) is 2.55. The normalized spacial score (nSPS) is 21.2. The third kappa shape index (κ3) is 4.91. The first-order chi connectivity index (χ1) is 15.2. The molecule has 10 heteroatoms. The second kappa shape index (κ2) is 10.4. The predicted molar refractivity (Wildman–Crippen MR) is 127 cm³/mol. The van der Waals surface area contributed by atoms with Crippen LogP contribution >= 0.6 is 34.8 Å². The number of piperazine rings is 1. The zero-order valence-electron chi connectivity index (χ0n) is 18.1. The molecule has 2 aliphatic rings. The molecule has 0 saturated carbocycles. The van der Waals surface area contributed by atoms with Crippen molar-refractivity contribution < 1.29 is 14.4 Å². The first-order valence-corrected chi connectivity index (χ1v) is 11.9. The fraction of sp³-hybridized carbons (Fsp3) is 0.500.